The molecule has 1 nitrogen and oxygen atoms in total. The van der Waals surface area contributed by atoms with Crippen LogP contribution in [0.25, 0.3) is 0 Å². The van der Waals surface area contributed by atoms with Crippen LogP contribution in [0.1, 0.15) is 13.3 Å². The molecule has 0 radical (unpaired) electrons. The number of hydrogen-bond donors (Lipinski definition) is 1. The molecule has 0 aliphatic heterocycles. The molecule has 1 atom stereocenters. The van der Waals surface area contributed by atoms with Crippen LogP contribution >= 0.6 is 12.2 Å². The largest absolute Gasteiger partial charge is 0.389 e. The van der Waals surface area contributed by atoms with Crippen LogP contribution in [0.15, 0.2) is 36.0 Å². The van der Waals surface area contributed by atoms with E-state index in [-0.39, 0.29) is 0 Å². The maximum absolute atomic E-state index is 8.99. The van der Waals surface area contributed by atoms with Gasteiger partial charge in [-0.05, 0) is 12.5 Å². The van der Waals surface area contributed by atoms with Crippen LogP contribution in [-0.4, -0.2) is 16.1 Å². The van der Waals surface area contributed by atoms with Crippen molar-refractivity contribution >= 4 is 17.1 Å². The molecule has 1 aliphatic rings. The molecule has 12 heavy (non-hydrogen) atoms. The number of thiocarbonyl (C=S) groups is 1. The molecule has 0 saturated heterocycles. The summed E-state index contributed by atoms with van der Waals surface area (Å²) in [4.78, 5) is 0.939. The van der Waals surface area contributed by atoms with Crippen molar-refractivity contribution < 1.29 is 5.11 Å². The topological polar surface area (TPSA) is 20.2 Å². The smallest absolute Gasteiger partial charge is 0.0696 e. The second kappa shape index (κ2) is 4.33. The Labute approximate surface area is 78.1 Å². The van der Waals surface area contributed by atoms with Crippen molar-refractivity contribution in [3.8, 4) is 0 Å². The zero-order valence-electron chi connectivity index (χ0n) is 7.03. The van der Waals surface area contributed by atoms with Gasteiger partial charge >= 0.3 is 0 Å². The van der Waals surface area contributed by atoms with Gasteiger partial charge in [0.1, 0.15) is 0 Å². The van der Waals surface area contributed by atoms with Gasteiger partial charge in [0.05, 0.1) is 6.10 Å². The van der Waals surface area contributed by atoms with Gasteiger partial charge in [-0.1, -0.05) is 42.6 Å². The molecule has 2 heteroatoms. The summed E-state index contributed by atoms with van der Waals surface area (Å²) in [7, 11) is 0. The summed E-state index contributed by atoms with van der Waals surface area (Å²) in [5.41, 5.74) is 1.04. The summed E-state index contributed by atoms with van der Waals surface area (Å²) >= 11 is 5.13. The Bertz CT molecular complexity index is 259. The number of hydrogen-bond acceptors (Lipinski definition) is 2. The van der Waals surface area contributed by atoms with Crippen LogP contribution in [0.4, 0.5) is 0 Å². The lowest BCUT2D eigenvalue weighted by atomic mass is 10.0. The van der Waals surface area contributed by atoms with Crippen LogP contribution < -0.4 is 0 Å². The fourth-order valence-electron chi connectivity index (χ4n) is 0.949. The zero-order valence-corrected chi connectivity index (χ0v) is 7.84. The molecule has 1 unspecified atom stereocenters. The Morgan fingerprint density at radius 1 is 1.67 bits per heavy atom. The predicted molar refractivity (Wildman–Crippen MR) is 55.3 cm³/mol. The first-order valence-electron chi connectivity index (χ1n) is 3.96. The van der Waals surface area contributed by atoms with Crippen molar-refractivity contribution in [3.05, 3.63) is 36.0 Å². The van der Waals surface area contributed by atoms with E-state index in [2.05, 4.69) is 0 Å². The maximum Gasteiger partial charge on any atom is 0.0696 e. The number of aliphatic hydroxyl groups excluding tert-OH is 1. The highest BCUT2D eigenvalue weighted by atomic mass is 32.1. The Morgan fingerprint density at radius 2 is 2.42 bits per heavy atom. The molecular formula is C10H12OS. The summed E-state index contributed by atoms with van der Waals surface area (Å²) in [6.07, 6.45) is 10.0. The molecular weight excluding hydrogens is 168 g/mol. The molecule has 0 heterocycles. The van der Waals surface area contributed by atoms with Gasteiger partial charge in [-0.15, -0.1) is 0 Å². The number of rotatable bonds is 2. The highest BCUT2D eigenvalue weighted by Crippen LogP contribution is 2.11. The van der Waals surface area contributed by atoms with Crippen molar-refractivity contribution in [1.82, 2.24) is 0 Å². The van der Waals surface area contributed by atoms with Gasteiger partial charge < -0.3 is 5.11 Å². The third kappa shape index (κ3) is 2.72. The van der Waals surface area contributed by atoms with Crippen LogP contribution in [0.3, 0.4) is 0 Å². The van der Waals surface area contributed by atoms with E-state index in [4.69, 9.17) is 17.3 Å². The molecule has 0 saturated carbocycles. The third-order valence-corrected chi connectivity index (χ3v) is 1.99. The summed E-state index contributed by atoms with van der Waals surface area (Å²) in [5.74, 6) is 0. The van der Waals surface area contributed by atoms with Gasteiger partial charge in [0, 0.05) is 11.3 Å². The van der Waals surface area contributed by atoms with E-state index < -0.39 is 6.10 Å². The molecule has 0 spiro atoms. The molecule has 64 valence electrons. The van der Waals surface area contributed by atoms with Crippen LogP contribution in [0.5, 0.6) is 0 Å². The van der Waals surface area contributed by atoms with E-state index in [9.17, 15) is 0 Å². The van der Waals surface area contributed by atoms with Crippen molar-refractivity contribution in [3.63, 3.8) is 0 Å². The van der Waals surface area contributed by atoms with E-state index in [1.807, 2.05) is 24.3 Å². The van der Waals surface area contributed by atoms with E-state index in [1.54, 1.807) is 13.0 Å². The SMILES string of the molecule is CC(O)C=CC1=CC=CCC1=S. The zero-order chi connectivity index (χ0) is 8.97. The summed E-state index contributed by atoms with van der Waals surface area (Å²) in [5, 5.41) is 8.99. The normalized spacial score (nSPS) is 19.8. The fraction of sp³-hybridized carbons (Fsp3) is 0.300. The van der Waals surface area contributed by atoms with Gasteiger partial charge in [-0.25, -0.2) is 0 Å². The highest BCUT2D eigenvalue weighted by molar-refractivity contribution is 7.80. The van der Waals surface area contributed by atoms with Crippen molar-refractivity contribution in [1.29, 1.82) is 0 Å². The fourth-order valence-corrected chi connectivity index (χ4v) is 1.18. The van der Waals surface area contributed by atoms with Gasteiger partial charge in [-0.3, -0.25) is 0 Å². The van der Waals surface area contributed by atoms with E-state index in [0.717, 1.165) is 16.9 Å². The van der Waals surface area contributed by atoms with Gasteiger partial charge in [-0.2, -0.15) is 0 Å². The minimum Gasteiger partial charge on any atom is -0.389 e. The van der Waals surface area contributed by atoms with Gasteiger partial charge in [0.15, 0.2) is 0 Å². The highest BCUT2D eigenvalue weighted by Gasteiger charge is 2.02. The molecule has 0 amide bonds. The van der Waals surface area contributed by atoms with E-state index >= 15 is 0 Å². The molecule has 0 aromatic heterocycles. The average Bonchev–Trinajstić information content (AvgIpc) is 2.03. The van der Waals surface area contributed by atoms with Crippen LogP contribution in [-0.2, 0) is 0 Å². The Balaban J connectivity index is 2.67. The summed E-state index contributed by atoms with van der Waals surface area (Å²) in [6, 6.07) is 0. The van der Waals surface area contributed by atoms with Crippen LogP contribution in [0.2, 0.25) is 0 Å². The van der Waals surface area contributed by atoms with Crippen LogP contribution in [0, 0.1) is 0 Å². The Kier molecular flexibility index (Phi) is 3.38. The first-order valence-corrected chi connectivity index (χ1v) is 4.37. The quantitative estimate of drug-likeness (QED) is 0.657. The first-order chi connectivity index (χ1) is 5.70. The van der Waals surface area contributed by atoms with Crippen molar-refractivity contribution in [2.75, 3.05) is 0 Å². The molecule has 1 aliphatic carbocycles. The maximum atomic E-state index is 8.99. The molecule has 1 N–H and O–H groups in total. The summed E-state index contributed by atoms with van der Waals surface area (Å²) in [6.45, 7) is 1.72. The molecule has 0 fully saturated rings. The Hall–Kier alpha value is -0.730. The minimum atomic E-state index is -0.403. The molecule has 0 aromatic carbocycles. The van der Waals surface area contributed by atoms with E-state index in [1.165, 1.54) is 0 Å². The van der Waals surface area contributed by atoms with E-state index in [0.29, 0.717) is 0 Å². The molecule has 1 rings (SSSR count). The Morgan fingerprint density at radius 3 is 3.00 bits per heavy atom. The lowest BCUT2D eigenvalue weighted by Gasteiger charge is -2.05. The standard InChI is InChI=1S/C10H12OS/c1-8(11)6-7-9-4-2-3-5-10(9)12/h2-4,6-8,11H,5H2,1H3. The lowest BCUT2D eigenvalue weighted by Crippen LogP contribution is -2.00. The number of allylic oxidation sites excluding steroid dienone is 5. The first kappa shape index (κ1) is 9.36. The lowest BCUT2D eigenvalue weighted by molar-refractivity contribution is 0.244. The molecule has 0 bridgehead atoms. The third-order valence-electron chi connectivity index (χ3n) is 1.59. The average molecular weight is 180 g/mol. The van der Waals surface area contributed by atoms with Crippen molar-refractivity contribution in [2.45, 2.75) is 19.4 Å². The number of aliphatic hydroxyl groups is 1. The monoisotopic (exact) mass is 180 g/mol. The second-order valence-corrected chi connectivity index (χ2v) is 3.27. The minimum absolute atomic E-state index is 0.403. The summed E-state index contributed by atoms with van der Waals surface area (Å²) < 4.78 is 0. The van der Waals surface area contributed by atoms with Crippen molar-refractivity contribution in [2.24, 2.45) is 0 Å². The van der Waals surface area contributed by atoms with Gasteiger partial charge in [0.2, 0.25) is 0 Å². The second-order valence-electron chi connectivity index (χ2n) is 2.78. The molecule has 0 aromatic rings. The predicted octanol–water partition coefficient (Wildman–Crippen LogP) is 2.18. The van der Waals surface area contributed by atoms with Gasteiger partial charge in [0.25, 0.3) is 0 Å².